The Bertz CT molecular complexity index is 344. The van der Waals surface area contributed by atoms with Crippen LogP contribution in [0.2, 0.25) is 5.02 Å². The SMILES string of the molecule is NC(=O)CCNc1ccc(I)cc1Cl. The number of carbonyl (C=O) groups is 1. The van der Waals surface area contributed by atoms with Gasteiger partial charge in [-0.2, -0.15) is 0 Å². The van der Waals surface area contributed by atoms with Gasteiger partial charge in [-0.15, -0.1) is 0 Å². The Morgan fingerprint density at radius 1 is 1.57 bits per heavy atom. The lowest BCUT2D eigenvalue weighted by Gasteiger charge is -2.07. The third-order valence-electron chi connectivity index (χ3n) is 1.62. The standard InChI is InChI=1S/C9H10ClIN2O/c10-7-5-6(11)1-2-8(7)13-4-3-9(12)14/h1-2,5,13H,3-4H2,(H2,12,14). The van der Waals surface area contributed by atoms with E-state index in [1.807, 2.05) is 18.2 Å². The van der Waals surface area contributed by atoms with Crippen molar-refractivity contribution in [2.45, 2.75) is 6.42 Å². The van der Waals surface area contributed by atoms with Crippen LogP contribution in [0, 0.1) is 3.57 Å². The lowest BCUT2D eigenvalue weighted by atomic mass is 10.3. The highest BCUT2D eigenvalue weighted by molar-refractivity contribution is 14.1. The predicted molar refractivity (Wildman–Crippen MR) is 66.5 cm³/mol. The van der Waals surface area contributed by atoms with E-state index in [1.165, 1.54) is 0 Å². The lowest BCUT2D eigenvalue weighted by molar-refractivity contribution is -0.117. The van der Waals surface area contributed by atoms with Crippen molar-refractivity contribution >= 4 is 45.8 Å². The first kappa shape index (κ1) is 11.6. The van der Waals surface area contributed by atoms with Crippen LogP contribution in [0.25, 0.3) is 0 Å². The normalized spacial score (nSPS) is 9.86. The average Bonchev–Trinajstić information content (AvgIpc) is 2.08. The molecule has 0 fully saturated rings. The number of nitrogens with two attached hydrogens (primary N) is 1. The third-order valence-corrected chi connectivity index (χ3v) is 2.60. The topological polar surface area (TPSA) is 55.1 Å². The predicted octanol–water partition coefficient (Wildman–Crippen LogP) is 2.23. The van der Waals surface area contributed by atoms with Crippen molar-refractivity contribution in [1.82, 2.24) is 0 Å². The molecule has 3 N–H and O–H groups in total. The van der Waals surface area contributed by atoms with Crippen LogP contribution in [-0.2, 0) is 4.79 Å². The number of nitrogens with one attached hydrogen (secondary N) is 1. The van der Waals surface area contributed by atoms with Crippen LogP contribution in [0.4, 0.5) is 5.69 Å². The van der Waals surface area contributed by atoms with Crippen molar-refractivity contribution in [1.29, 1.82) is 0 Å². The molecule has 0 unspecified atom stereocenters. The van der Waals surface area contributed by atoms with Crippen LogP contribution >= 0.6 is 34.2 Å². The number of rotatable bonds is 4. The summed E-state index contributed by atoms with van der Waals surface area (Å²) in [5, 5.41) is 3.69. The first-order chi connectivity index (χ1) is 6.59. The molecule has 0 saturated carbocycles. The Morgan fingerprint density at radius 3 is 2.86 bits per heavy atom. The van der Waals surface area contributed by atoms with E-state index in [4.69, 9.17) is 17.3 Å². The number of halogens is 2. The minimum atomic E-state index is -0.320. The quantitative estimate of drug-likeness (QED) is 0.835. The number of hydrogen-bond acceptors (Lipinski definition) is 2. The van der Waals surface area contributed by atoms with Gasteiger partial charge in [0.15, 0.2) is 0 Å². The molecule has 0 aliphatic rings. The summed E-state index contributed by atoms with van der Waals surface area (Å²) in [5.74, 6) is -0.320. The summed E-state index contributed by atoms with van der Waals surface area (Å²) in [6.45, 7) is 0.510. The van der Waals surface area contributed by atoms with Crippen LogP contribution in [0.3, 0.4) is 0 Å². The summed E-state index contributed by atoms with van der Waals surface area (Å²) in [6.07, 6.45) is 0.308. The Morgan fingerprint density at radius 2 is 2.29 bits per heavy atom. The molecule has 14 heavy (non-hydrogen) atoms. The van der Waals surface area contributed by atoms with Gasteiger partial charge in [-0.05, 0) is 40.8 Å². The molecule has 0 saturated heterocycles. The van der Waals surface area contributed by atoms with Crippen LogP contribution < -0.4 is 11.1 Å². The van der Waals surface area contributed by atoms with E-state index >= 15 is 0 Å². The zero-order valence-electron chi connectivity index (χ0n) is 7.39. The Hall–Kier alpha value is -0.490. The van der Waals surface area contributed by atoms with Crippen LogP contribution in [0.5, 0.6) is 0 Å². The number of carbonyl (C=O) groups excluding carboxylic acids is 1. The molecular formula is C9H10ClIN2O. The van der Waals surface area contributed by atoms with Gasteiger partial charge in [0.05, 0.1) is 10.7 Å². The van der Waals surface area contributed by atoms with E-state index < -0.39 is 0 Å². The van der Waals surface area contributed by atoms with E-state index in [1.54, 1.807) is 0 Å². The van der Waals surface area contributed by atoms with Gasteiger partial charge in [-0.3, -0.25) is 4.79 Å². The van der Waals surface area contributed by atoms with E-state index in [-0.39, 0.29) is 5.91 Å². The number of anilines is 1. The number of benzene rings is 1. The maximum atomic E-state index is 10.5. The van der Waals surface area contributed by atoms with Gasteiger partial charge >= 0.3 is 0 Å². The molecule has 0 radical (unpaired) electrons. The Balaban J connectivity index is 2.55. The molecule has 0 aliphatic heterocycles. The molecule has 1 aromatic rings. The van der Waals surface area contributed by atoms with Gasteiger partial charge in [0, 0.05) is 16.5 Å². The smallest absolute Gasteiger partial charge is 0.219 e. The highest BCUT2D eigenvalue weighted by Gasteiger charge is 2.00. The van der Waals surface area contributed by atoms with E-state index in [0.717, 1.165) is 9.26 Å². The summed E-state index contributed by atoms with van der Waals surface area (Å²) >= 11 is 8.15. The van der Waals surface area contributed by atoms with Crippen molar-refractivity contribution in [2.24, 2.45) is 5.73 Å². The molecule has 1 rings (SSSR count). The van der Waals surface area contributed by atoms with E-state index in [9.17, 15) is 4.79 Å². The van der Waals surface area contributed by atoms with Crippen LogP contribution in [0.1, 0.15) is 6.42 Å². The van der Waals surface area contributed by atoms with Crippen molar-refractivity contribution < 1.29 is 4.79 Å². The molecule has 0 aromatic heterocycles. The Kier molecular flexibility index (Phi) is 4.47. The van der Waals surface area contributed by atoms with E-state index in [2.05, 4.69) is 27.9 Å². The molecule has 1 aromatic carbocycles. The number of primary amides is 1. The molecule has 0 bridgehead atoms. The lowest BCUT2D eigenvalue weighted by Crippen LogP contribution is -2.15. The Labute approximate surface area is 101 Å². The van der Waals surface area contributed by atoms with Gasteiger partial charge in [0.25, 0.3) is 0 Å². The maximum absolute atomic E-state index is 10.5. The van der Waals surface area contributed by atoms with Crippen molar-refractivity contribution in [3.8, 4) is 0 Å². The highest BCUT2D eigenvalue weighted by atomic mass is 127. The minimum Gasteiger partial charge on any atom is -0.383 e. The molecule has 1 amide bonds. The molecule has 76 valence electrons. The first-order valence-corrected chi connectivity index (χ1v) is 5.52. The van der Waals surface area contributed by atoms with Crippen molar-refractivity contribution in [3.05, 3.63) is 26.8 Å². The third kappa shape index (κ3) is 3.71. The summed E-state index contributed by atoms with van der Waals surface area (Å²) in [5.41, 5.74) is 5.83. The molecule has 0 atom stereocenters. The van der Waals surface area contributed by atoms with Gasteiger partial charge < -0.3 is 11.1 Å². The molecule has 0 heterocycles. The van der Waals surface area contributed by atoms with Gasteiger partial charge in [0.1, 0.15) is 0 Å². The largest absolute Gasteiger partial charge is 0.383 e. The zero-order valence-corrected chi connectivity index (χ0v) is 10.3. The fourth-order valence-electron chi connectivity index (χ4n) is 0.953. The fraction of sp³-hybridized carbons (Fsp3) is 0.222. The summed E-state index contributed by atoms with van der Waals surface area (Å²) in [7, 11) is 0. The summed E-state index contributed by atoms with van der Waals surface area (Å²) < 4.78 is 1.08. The zero-order chi connectivity index (χ0) is 10.6. The minimum absolute atomic E-state index is 0.308. The summed E-state index contributed by atoms with van der Waals surface area (Å²) in [4.78, 5) is 10.5. The number of hydrogen-bond donors (Lipinski definition) is 2. The van der Waals surface area contributed by atoms with Gasteiger partial charge in [-0.25, -0.2) is 0 Å². The number of amides is 1. The molecule has 0 spiro atoms. The highest BCUT2D eigenvalue weighted by Crippen LogP contribution is 2.23. The van der Waals surface area contributed by atoms with Crippen LogP contribution in [-0.4, -0.2) is 12.5 Å². The second-order valence-electron chi connectivity index (χ2n) is 2.77. The second-order valence-corrected chi connectivity index (χ2v) is 4.42. The second kappa shape index (κ2) is 5.41. The average molecular weight is 325 g/mol. The van der Waals surface area contributed by atoms with Crippen molar-refractivity contribution in [3.63, 3.8) is 0 Å². The molecular weight excluding hydrogens is 314 g/mol. The fourth-order valence-corrected chi connectivity index (χ4v) is 1.88. The van der Waals surface area contributed by atoms with Crippen LogP contribution in [0.15, 0.2) is 18.2 Å². The molecule has 0 aliphatic carbocycles. The van der Waals surface area contributed by atoms with Gasteiger partial charge in [-0.1, -0.05) is 11.6 Å². The molecule has 5 heteroatoms. The van der Waals surface area contributed by atoms with E-state index in [0.29, 0.717) is 18.0 Å². The first-order valence-electron chi connectivity index (χ1n) is 4.07. The van der Waals surface area contributed by atoms with Crippen molar-refractivity contribution in [2.75, 3.05) is 11.9 Å². The maximum Gasteiger partial charge on any atom is 0.219 e. The van der Waals surface area contributed by atoms with Gasteiger partial charge in [0.2, 0.25) is 5.91 Å². The summed E-state index contributed by atoms with van der Waals surface area (Å²) in [6, 6.07) is 5.68. The monoisotopic (exact) mass is 324 g/mol. The molecule has 3 nitrogen and oxygen atoms in total.